The van der Waals surface area contributed by atoms with E-state index in [0.29, 0.717) is 18.8 Å². The molecule has 3 N–H and O–H groups in total. The molecule has 1 saturated heterocycles. The van der Waals surface area contributed by atoms with Gasteiger partial charge in [-0.1, -0.05) is 17.8 Å². The number of fused-ring (bicyclic) bond motifs is 2. The highest BCUT2D eigenvalue weighted by molar-refractivity contribution is 8.15. The average Bonchev–Trinajstić information content (AvgIpc) is 3.30. The van der Waals surface area contributed by atoms with Crippen molar-refractivity contribution >= 4 is 67.8 Å². The van der Waals surface area contributed by atoms with Gasteiger partial charge in [-0.3, -0.25) is 14.8 Å². The molecule has 2 aliphatic heterocycles. The molecule has 4 atom stereocenters. The maximum atomic E-state index is 14.8. The molecule has 3 aliphatic rings. The molecule has 6 rings (SSSR count). The van der Waals surface area contributed by atoms with Gasteiger partial charge in [0.15, 0.2) is 5.54 Å². The molecular formula is C33H38F2N6O5S2. The van der Waals surface area contributed by atoms with E-state index in [4.69, 9.17) is 9.47 Å². The number of nitrogens with one attached hydrogen (secondary N) is 3. The molecule has 0 spiro atoms. The topological polar surface area (TPSA) is 134 Å². The first-order chi connectivity index (χ1) is 22.6. The van der Waals surface area contributed by atoms with Gasteiger partial charge in [0.2, 0.25) is 0 Å². The number of hydrogen-bond donors (Lipinski definition) is 3. The number of thioether (sulfide) groups is 1. The molecule has 1 aliphatic carbocycles. The number of halogens is 2. The molecule has 256 valence electrons. The summed E-state index contributed by atoms with van der Waals surface area (Å²) in [4.78, 5) is 51.0. The number of pyridine rings is 1. The van der Waals surface area contributed by atoms with Crippen molar-refractivity contribution in [2.75, 3.05) is 23.3 Å². The lowest BCUT2D eigenvalue weighted by Gasteiger charge is -2.36. The molecule has 48 heavy (non-hydrogen) atoms. The van der Waals surface area contributed by atoms with E-state index in [1.54, 1.807) is 47.7 Å². The van der Waals surface area contributed by atoms with Crippen LogP contribution in [0.15, 0.2) is 40.8 Å². The number of ether oxygens (including phenoxy) is 2. The lowest BCUT2D eigenvalue weighted by atomic mass is 10.0. The fraction of sp³-hybridized carbons (Fsp3) is 0.485. The number of carbonyl (C=O) groups is 3. The summed E-state index contributed by atoms with van der Waals surface area (Å²) in [5, 5.41) is 10.0. The number of thiophene rings is 1. The Labute approximate surface area is 285 Å². The van der Waals surface area contributed by atoms with Crippen LogP contribution in [0.2, 0.25) is 0 Å². The summed E-state index contributed by atoms with van der Waals surface area (Å²) in [6.45, 7) is 11.7. The van der Waals surface area contributed by atoms with Gasteiger partial charge in [-0.25, -0.2) is 18.4 Å². The molecule has 15 heteroatoms. The van der Waals surface area contributed by atoms with Gasteiger partial charge in [0, 0.05) is 19.1 Å². The van der Waals surface area contributed by atoms with E-state index >= 15 is 0 Å². The summed E-state index contributed by atoms with van der Waals surface area (Å²) in [7, 11) is 0. The molecule has 0 radical (unpaired) electrons. The van der Waals surface area contributed by atoms with Crippen LogP contribution in [0.1, 0.15) is 59.9 Å². The zero-order valence-corrected chi connectivity index (χ0v) is 29.1. The third-order valence-electron chi connectivity index (χ3n) is 7.99. The van der Waals surface area contributed by atoms with Crippen LogP contribution >= 0.6 is 23.1 Å². The van der Waals surface area contributed by atoms with Gasteiger partial charge >= 0.3 is 12.2 Å². The van der Waals surface area contributed by atoms with E-state index in [-0.39, 0.29) is 16.6 Å². The maximum Gasteiger partial charge on any atom is 0.408 e. The number of benzene rings is 1. The average molecular weight is 701 g/mol. The number of anilines is 2. The smallest absolute Gasteiger partial charge is 0.408 e. The van der Waals surface area contributed by atoms with E-state index in [1.807, 2.05) is 11.4 Å². The number of aromatic nitrogens is 1. The van der Waals surface area contributed by atoms with E-state index in [2.05, 4.69) is 30.8 Å². The van der Waals surface area contributed by atoms with Crippen LogP contribution in [-0.2, 0) is 14.3 Å². The minimum absolute atomic E-state index is 0.0344. The Morgan fingerprint density at radius 3 is 2.33 bits per heavy atom. The van der Waals surface area contributed by atoms with E-state index in [1.165, 1.54) is 17.4 Å². The highest BCUT2D eigenvalue weighted by atomic mass is 32.2. The standard InChI is InChI=1S/C33H38F2N6O5S2/c1-31(2,3)45-29(43)37-17-9-8-13-41(16-17)23-21(15-36-20-12-14-47-24(20)23)38-28(42)33-25(39-30(44)46-32(4,5)6)26(33)48-27(40-33)22-18(34)10-7-11-19(22)35/h7,10-12,14-15,17,25-26H,8-9,13,16H2,1-6H3,(H,37,43)(H,38,42)(H,39,44). The second-order valence-electron chi connectivity index (χ2n) is 14.0. The Hall–Kier alpha value is -3.98. The monoisotopic (exact) mass is 700 g/mol. The molecule has 11 nitrogen and oxygen atoms in total. The number of alkyl carbamates (subject to hydrolysis) is 2. The predicted molar refractivity (Wildman–Crippen MR) is 183 cm³/mol. The Bertz CT molecular complexity index is 1780. The summed E-state index contributed by atoms with van der Waals surface area (Å²) in [6.07, 6.45) is 1.86. The third-order valence-corrected chi connectivity index (χ3v) is 10.3. The Morgan fingerprint density at radius 2 is 1.67 bits per heavy atom. The second kappa shape index (κ2) is 12.5. The van der Waals surface area contributed by atoms with E-state index in [9.17, 15) is 23.2 Å². The first-order valence-electron chi connectivity index (χ1n) is 15.7. The van der Waals surface area contributed by atoms with Gasteiger partial charge in [0.05, 0.1) is 44.6 Å². The number of piperidine rings is 1. The molecule has 1 saturated carbocycles. The van der Waals surface area contributed by atoms with Crippen LogP contribution in [0.3, 0.4) is 0 Å². The SMILES string of the molecule is CC(C)(C)OC(=O)NC1CCCN(c2c(NC(=O)C34N=C(c5c(F)cccc5F)SC3C4NC(=O)OC(C)(C)C)cnc3ccsc23)C1. The van der Waals surface area contributed by atoms with Gasteiger partial charge in [0.25, 0.3) is 5.91 Å². The van der Waals surface area contributed by atoms with Crippen LogP contribution in [0, 0.1) is 11.6 Å². The first-order valence-corrected chi connectivity index (χ1v) is 17.4. The fourth-order valence-electron chi connectivity index (χ4n) is 6.01. The Kier molecular flexibility index (Phi) is 8.81. The summed E-state index contributed by atoms with van der Waals surface area (Å²) in [6, 6.07) is 4.41. The normalized spacial score (nSPS) is 23.6. The van der Waals surface area contributed by atoms with Crippen LogP contribution in [0.25, 0.3) is 10.2 Å². The summed E-state index contributed by atoms with van der Waals surface area (Å²) < 4.78 is 41.4. The number of amides is 3. The molecule has 0 bridgehead atoms. The molecular weight excluding hydrogens is 663 g/mol. The molecule has 3 amide bonds. The predicted octanol–water partition coefficient (Wildman–Crippen LogP) is 6.21. The fourth-order valence-corrected chi connectivity index (χ4v) is 8.51. The second-order valence-corrected chi connectivity index (χ2v) is 16.1. The summed E-state index contributed by atoms with van der Waals surface area (Å²) >= 11 is 2.51. The zero-order valence-electron chi connectivity index (χ0n) is 27.5. The van der Waals surface area contributed by atoms with Crippen molar-refractivity contribution in [1.29, 1.82) is 0 Å². The van der Waals surface area contributed by atoms with Crippen molar-refractivity contribution in [2.24, 2.45) is 4.99 Å². The van der Waals surface area contributed by atoms with Crippen molar-refractivity contribution in [1.82, 2.24) is 15.6 Å². The number of nitrogens with zero attached hydrogens (tertiary/aromatic N) is 3. The Balaban J connectivity index is 1.31. The van der Waals surface area contributed by atoms with E-state index in [0.717, 1.165) is 52.6 Å². The quantitative estimate of drug-likeness (QED) is 0.276. The molecule has 2 fully saturated rings. The molecule has 4 heterocycles. The number of hydrogen-bond acceptors (Lipinski definition) is 10. The van der Waals surface area contributed by atoms with Crippen LogP contribution in [0.5, 0.6) is 0 Å². The zero-order chi connectivity index (χ0) is 34.6. The van der Waals surface area contributed by atoms with Crippen LogP contribution in [-0.4, -0.2) is 75.3 Å². The highest BCUT2D eigenvalue weighted by Gasteiger charge is 2.75. The molecule has 2 aromatic heterocycles. The molecule has 3 aromatic rings. The number of aliphatic imine (C=N–C) groups is 1. The summed E-state index contributed by atoms with van der Waals surface area (Å²) in [5.74, 6) is -2.17. The van der Waals surface area contributed by atoms with Gasteiger partial charge in [0.1, 0.15) is 27.9 Å². The Morgan fingerprint density at radius 1 is 1.00 bits per heavy atom. The minimum Gasteiger partial charge on any atom is -0.444 e. The van der Waals surface area contributed by atoms with Gasteiger partial charge < -0.3 is 30.3 Å². The van der Waals surface area contributed by atoms with Crippen LogP contribution < -0.4 is 20.9 Å². The minimum atomic E-state index is -1.56. The van der Waals surface area contributed by atoms with Crippen molar-refractivity contribution in [3.8, 4) is 0 Å². The van der Waals surface area contributed by atoms with Crippen molar-refractivity contribution in [3.05, 3.63) is 53.0 Å². The van der Waals surface area contributed by atoms with Gasteiger partial charge in [-0.2, -0.15) is 0 Å². The van der Waals surface area contributed by atoms with Crippen molar-refractivity contribution in [3.63, 3.8) is 0 Å². The largest absolute Gasteiger partial charge is 0.444 e. The first kappa shape index (κ1) is 33.9. The number of rotatable bonds is 6. The van der Waals surface area contributed by atoms with Crippen LogP contribution in [0.4, 0.5) is 29.7 Å². The molecule has 1 aromatic carbocycles. The maximum absolute atomic E-state index is 14.8. The number of carbonyl (C=O) groups excluding carboxylic acids is 3. The summed E-state index contributed by atoms with van der Waals surface area (Å²) in [5.41, 5.74) is -1.42. The van der Waals surface area contributed by atoms with E-state index < -0.39 is 57.8 Å². The third kappa shape index (κ3) is 6.79. The van der Waals surface area contributed by atoms with Crippen molar-refractivity contribution < 1.29 is 32.6 Å². The van der Waals surface area contributed by atoms with Gasteiger partial charge in [-0.15, -0.1) is 11.3 Å². The highest BCUT2D eigenvalue weighted by Crippen LogP contribution is 2.57. The van der Waals surface area contributed by atoms with Gasteiger partial charge in [-0.05, 0) is 78.0 Å². The lowest BCUT2D eigenvalue weighted by molar-refractivity contribution is -0.118. The van der Waals surface area contributed by atoms with Crippen molar-refractivity contribution in [2.45, 2.75) is 88.5 Å². The lowest BCUT2D eigenvalue weighted by Crippen LogP contribution is -2.49. The molecule has 4 unspecified atom stereocenters.